The van der Waals surface area contributed by atoms with Gasteiger partial charge in [-0.1, -0.05) is 241 Å². The van der Waals surface area contributed by atoms with Crippen LogP contribution >= 0.6 is 7.82 Å². The topological polar surface area (TPSA) is 155 Å². The first-order valence-electron chi connectivity index (χ1n) is 29.5. The van der Waals surface area contributed by atoms with E-state index < -0.39 is 57.8 Å². The molecule has 0 aromatic carbocycles. The van der Waals surface area contributed by atoms with Gasteiger partial charge >= 0.3 is 25.7 Å². The van der Waals surface area contributed by atoms with E-state index in [4.69, 9.17) is 23.3 Å². The summed E-state index contributed by atoms with van der Waals surface area (Å²) >= 11 is 0. The smallest absolute Gasteiger partial charge is 0.462 e. The Kier molecular flexibility index (Phi) is 53.4. The summed E-state index contributed by atoms with van der Waals surface area (Å²) in [5.74, 6) is -1.56. The van der Waals surface area contributed by atoms with Crippen LogP contribution < -0.4 is 0 Å². The lowest BCUT2D eigenvalue weighted by Crippen LogP contribution is -2.30. The molecule has 0 aromatic rings. The zero-order chi connectivity index (χ0) is 54.1. The third-order valence-corrected chi connectivity index (χ3v) is 13.3. The van der Waals surface area contributed by atoms with Crippen LogP contribution in [0.4, 0.5) is 0 Å². The summed E-state index contributed by atoms with van der Waals surface area (Å²) in [5.41, 5.74) is 0. The van der Waals surface area contributed by atoms with Crippen molar-refractivity contribution in [3.05, 3.63) is 85.1 Å². The first-order valence-corrected chi connectivity index (χ1v) is 31.0. The van der Waals surface area contributed by atoms with Crippen LogP contribution in [0.3, 0.4) is 0 Å². The van der Waals surface area contributed by atoms with Crippen molar-refractivity contribution < 1.29 is 52.2 Å². The van der Waals surface area contributed by atoms with E-state index in [0.29, 0.717) is 19.3 Å². The van der Waals surface area contributed by atoms with Gasteiger partial charge < -0.3 is 24.2 Å². The highest BCUT2D eigenvalue weighted by atomic mass is 31.2. The Hall–Kier alpha value is -3.34. The van der Waals surface area contributed by atoms with Crippen LogP contribution in [-0.2, 0) is 42.2 Å². The molecule has 74 heavy (non-hydrogen) atoms. The fraction of sp³-hybridized carbons (Fsp3) is 0.726. The van der Waals surface area contributed by atoms with E-state index in [1.54, 1.807) is 0 Å². The summed E-state index contributed by atoms with van der Waals surface area (Å²) < 4.78 is 39.5. The molecule has 426 valence electrons. The Bertz CT molecular complexity index is 1560. The molecule has 0 fully saturated rings. The molecule has 0 radical (unpaired) electrons. The van der Waals surface area contributed by atoms with Crippen molar-refractivity contribution in [2.24, 2.45) is 0 Å². The number of allylic oxidation sites excluding steroid dienone is 14. The molecular weight excluding hydrogens is 952 g/mol. The number of hydrogen-bond acceptors (Lipinski definition) is 10. The van der Waals surface area contributed by atoms with Crippen molar-refractivity contribution in [1.29, 1.82) is 0 Å². The Labute approximate surface area is 451 Å². The molecular formula is C62H107O11P. The number of phosphoric acid groups is 1. The number of phosphoric ester groups is 1. The van der Waals surface area contributed by atoms with Crippen LogP contribution in [0, 0.1) is 0 Å². The molecule has 11 nitrogen and oxygen atoms in total. The molecule has 2 N–H and O–H groups in total. The molecule has 0 aliphatic carbocycles. The summed E-state index contributed by atoms with van der Waals surface area (Å²) in [5, 5.41) is 9.79. The summed E-state index contributed by atoms with van der Waals surface area (Å²) in [6.45, 7) is 4.35. The van der Waals surface area contributed by atoms with Gasteiger partial charge in [0.25, 0.3) is 0 Å². The van der Waals surface area contributed by atoms with E-state index in [0.717, 1.165) is 103 Å². The van der Waals surface area contributed by atoms with E-state index in [1.165, 1.54) is 89.9 Å². The monoisotopic (exact) mass is 1060 g/mol. The first-order chi connectivity index (χ1) is 36.2. The highest BCUT2D eigenvalue weighted by Gasteiger charge is 2.28. The van der Waals surface area contributed by atoms with Crippen molar-refractivity contribution >= 4 is 25.7 Å². The molecule has 0 amide bonds. The number of aliphatic hydroxyl groups is 1. The highest BCUT2D eigenvalue weighted by molar-refractivity contribution is 7.47. The van der Waals surface area contributed by atoms with Gasteiger partial charge in [-0.05, 0) is 77.0 Å². The van der Waals surface area contributed by atoms with Crippen LogP contribution in [0.2, 0.25) is 0 Å². The van der Waals surface area contributed by atoms with Crippen LogP contribution in [0.5, 0.6) is 0 Å². The number of carbonyl (C=O) groups is 3. The minimum absolute atomic E-state index is 0.0535. The van der Waals surface area contributed by atoms with Gasteiger partial charge in [0.15, 0.2) is 6.10 Å². The normalized spacial score (nSPS) is 14.0. The summed E-state index contributed by atoms with van der Waals surface area (Å²) in [6.07, 6.45) is 64.2. The third-order valence-electron chi connectivity index (χ3n) is 12.3. The Morgan fingerprint density at radius 1 is 0.392 bits per heavy atom. The van der Waals surface area contributed by atoms with Crippen LogP contribution in [0.15, 0.2) is 85.1 Å². The molecule has 0 spiro atoms. The van der Waals surface area contributed by atoms with Gasteiger partial charge in [0.05, 0.1) is 19.8 Å². The van der Waals surface area contributed by atoms with Gasteiger partial charge in [0.1, 0.15) is 12.7 Å². The maximum Gasteiger partial charge on any atom is 0.472 e. The number of ether oxygens (including phenoxy) is 3. The van der Waals surface area contributed by atoms with Gasteiger partial charge in [-0.25, -0.2) is 4.57 Å². The molecule has 0 saturated carbocycles. The first kappa shape index (κ1) is 70.7. The second kappa shape index (κ2) is 55.9. The number of carbonyl (C=O) groups excluding carboxylic acids is 3. The average molecular weight is 1060 g/mol. The van der Waals surface area contributed by atoms with Crippen LogP contribution in [0.1, 0.15) is 252 Å². The molecule has 0 aliphatic rings. The zero-order valence-electron chi connectivity index (χ0n) is 47.0. The maximum absolute atomic E-state index is 12.9. The van der Waals surface area contributed by atoms with Crippen molar-refractivity contribution in [1.82, 2.24) is 0 Å². The predicted octanol–water partition coefficient (Wildman–Crippen LogP) is 17.5. The SMILES string of the molecule is CC/C=C\C/C=C\C/C=C\C/C=C\CCC(=O)OC(CO)COP(=O)(O)OCC(COC(=O)CCCCCCCCCCCCCCCCCCC)OC(=O)CCCCCCCCC/C=C\C/C=C\C/C=C\CC. The van der Waals surface area contributed by atoms with E-state index in [1.807, 2.05) is 12.2 Å². The van der Waals surface area contributed by atoms with Crippen LogP contribution in [-0.4, -0.2) is 66.5 Å². The van der Waals surface area contributed by atoms with E-state index in [9.17, 15) is 28.9 Å². The van der Waals surface area contributed by atoms with Crippen molar-refractivity contribution in [2.45, 2.75) is 264 Å². The number of aliphatic hydroxyl groups excluding tert-OH is 1. The maximum atomic E-state index is 12.9. The molecule has 0 aliphatic heterocycles. The highest BCUT2D eigenvalue weighted by Crippen LogP contribution is 2.43. The second-order valence-corrected chi connectivity index (χ2v) is 20.9. The van der Waals surface area contributed by atoms with Gasteiger partial charge in [-0.2, -0.15) is 0 Å². The molecule has 3 unspecified atom stereocenters. The second-order valence-electron chi connectivity index (χ2n) is 19.4. The van der Waals surface area contributed by atoms with Crippen molar-refractivity contribution in [3.8, 4) is 0 Å². The molecule has 0 rings (SSSR count). The lowest BCUT2D eigenvalue weighted by Gasteiger charge is -2.21. The summed E-state index contributed by atoms with van der Waals surface area (Å²) in [4.78, 5) is 48.5. The fourth-order valence-electron chi connectivity index (χ4n) is 7.91. The minimum Gasteiger partial charge on any atom is -0.462 e. The summed E-state index contributed by atoms with van der Waals surface area (Å²) in [6, 6.07) is 0. The van der Waals surface area contributed by atoms with Gasteiger partial charge in [0.2, 0.25) is 0 Å². The quantitative estimate of drug-likeness (QED) is 0.0197. The summed E-state index contributed by atoms with van der Waals surface area (Å²) in [7, 11) is -4.77. The van der Waals surface area contributed by atoms with E-state index in [2.05, 4.69) is 93.7 Å². The third kappa shape index (κ3) is 53.5. The molecule has 0 bridgehead atoms. The molecule has 0 saturated heterocycles. The Morgan fingerprint density at radius 3 is 1.16 bits per heavy atom. The molecule has 0 aromatic heterocycles. The number of hydrogen-bond donors (Lipinski definition) is 2. The predicted molar refractivity (Wildman–Crippen MR) is 307 cm³/mol. The standard InChI is InChI=1S/C62H107O11P/c1-4-7-10-13-16-19-22-25-27-29-31-34-36-39-42-45-48-51-60(64)69-55-59(73-62(66)53-50-47-44-41-38-35-32-30-28-26-23-20-17-14-11-8-5-2)57-71-74(67,68)70-56-58(54-63)72-61(65)52-49-46-43-40-37-33-24-21-18-15-12-9-6-3/h8-9,11-12,17-18,20-21,26,28,33,37,43,46,58-59,63H,4-7,10,13-16,19,22-25,27,29-32,34-36,38-42,44-45,47-57H2,1-3H3,(H,67,68)/b11-8-,12-9-,20-17-,21-18-,28-26-,37-33-,46-43-. The van der Waals surface area contributed by atoms with E-state index in [-0.39, 0.29) is 25.9 Å². The Balaban J connectivity index is 4.78. The average Bonchev–Trinajstić information content (AvgIpc) is 3.39. The molecule has 0 heterocycles. The van der Waals surface area contributed by atoms with Gasteiger partial charge in [-0.15, -0.1) is 0 Å². The Morgan fingerprint density at radius 2 is 0.730 bits per heavy atom. The van der Waals surface area contributed by atoms with Crippen LogP contribution in [0.25, 0.3) is 0 Å². The lowest BCUT2D eigenvalue weighted by atomic mass is 10.0. The van der Waals surface area contributed by atoms with Gasteiger partial charge in [-0.3, -0.25) is 23.4 Å². The van der Waals surface area contributed by atoms with Crippen molar-refractivity contribution in [3.63, 3.8) is 0 Å². The van der Waals surface area contributed by atoms with E-state index >= 15 is 0 Å². The lowest BCUT2D eigenvalue weighted by molar-refractivity contribution is -0.161. The zero-order valence-corrected chi connectivity index (χ0v) is 47.9. The number of esters is 3. The largest absolute Gasteiger partial charge is 0.472 e. The fourth-order valence-corrected chi connectivity index (χ4v) is 8.70. The molecule has 12 heteroatoms. The number of rotatable bonds is 54. The molecule has 3 atom stereocenters. The van der Waals surface area contributed by atoms with Crippen molar-refractivity contribution in [2.75, 3.05) is 26.4 Å². The van der Waals surface area contributed by atoms with Gasteiger partial charge in [0, 0.05) is 19.3 Å². The minimum atomic E-state index is -4.77. The number of unbranched alkanes of at least 4 members (excludes halogenated alkanes) is 23.